The van der Waals surface area contributed by atoms with E-state index in [2.05, 4.69) is 67.1 Å². The molecule has 2 aromatic rings. The van der Waals surface area contributed by atoms with Gasteiger partial charge in [0.1, 0.15) is 5.75 Å². The van der Waals surface area contributed by atoms with Crippen LogP contribution in [0.4, 0.5) is 5.69 Å². The fourth-order valence-electron chi connectivity index (χ4n) is 2.65. The SMILES string of the molecule is C=C1C=CC(c2cccc(OCC)c2)=CN1c1cccc(C)c1. The summed E-state index contributed by atoms with van der Waals surface area (Å²) in [6.45, 7) is 8.91. The number of hydrogen-bond donors (Lipinski definition) is 0. The van der Waals surface area contributed by atoms with Crippen LogP contribution in [0.3, 0.4) is 0 Å². The molecule has 2 nitrogen and oxygen atoms in total. The van der Waals surface area contributed by atoms with Crippen molar-refractivity contribution in [3.8, 4) is 5.75 Å². The summed E-state index contributed by atoms with van der Waals surface area (Å²) >= 11 is 0. The van der Waals surface area contributed by atoms with E-state index in [0.717, 1.165) is 28.3 Å². The molecule has 0 spiro atoms. The third-order valence-corrected chi connectivity index (χ3v) is 3.79. The number of rotatable bonds is 4. The van der Waals surface area contributed by atoms with Gasteiger partial charge in [-0.25, -0.2) is 0 Å². The first-order valence-electron chi connectivity index (χ1n) is 7.85. The highest BCUT2D eigenvalue weighted by Crippen LogP contribution is 2.30. The van der Waals surface area contributed by atoms with Gasteiger partial charge in [-0.05, 0) is 60.9 Å². The van der Waals surface area contributed by atoms with Crippen molar-refractivity contribution < 1.29 is 4.74 Å². The summed E-state index contributed by atoms with van der Waals surface area (Å²) in [6, 6.07) is 16.6. The van der Waals surface area contributed by atoms with Crippen molar-refractivity contribution in [1.29, 1.82) is 0 Å². The molecule has 1 heterocycles. The fourth-order valence-corrected chi connectivity index (χ4v) is 2.65. The van der Waals surface area contributed by atoms with Gasteiger partial charge < -0.3 is 9.64 Å². The van der Waals surface area contributed by atoms with Gasteiger partial charge in [-0.3, -0.25) is 0 Å². The van der Waals surface area contributed by atoms with Gasteiger partial charge in [0.2, 0.25) is 0 Å². The molecule has 0 aliphatic carbocycles. The minimum absolute atomic E-state index is 0.671. The Morgan fingerprint density at radius 1 is 1.04 bits per heavy atom. The second kappa shape index (κ2) is 6.57. The Kier molecular flexibility index (Phi) is 4.33. The molecule has 1 aliphatic rings. The Morgan fingerprint density at radius 2 is 1.87 bits per heavy atom. The Bertz CT molecular complexity index is 786. The molecule has 0 radical (unpaired) electrons. The average Bonchev–Trinajstić information content (AvgIpc) is 2.56. The normalized spacial score (nSPS) is 13.9. The van der Waals surface area contributed by atoms with Crippen LogP contribution in [-0.2, 0) is 0 Å². The smallest absolute Gasteiger partial charge is 0.119 e. The molecule has 0 amide bonds. The Hall–Kier alpha value is -2.74. The number of ether oxygens (including phenoxy) is 1. The quantitative estimate of drug-likeness (QED) is 0.757. The largest absolute Gasteiger partial charge is 0.494 e. The fraction of sp³-hybridized carbons (Fsp3) is 0.143. The van der Waals surface area contributed by atoms with Crippen LogP contribution < -0.4 is 9.64 Å². The van der Waals surface area contributed by atoms with Crippen molar-refractivity contribution in [1.82, 2.24) is 0 Å². The molecule has 0 saturated carbocycles. The van der Waals surface area contributed by atoms with Crippen LogP contribution in [0.1, 0.15) is 18.1 Å². The highest BCUT2D eigenvalue weighted by Gasteiger charge is 2.13. The van der Waals surface area contributed by atoms with E-state index in [4.69, 9.17) is 4.74 Å². The monoisotopic (exact) mass is 303 g/mol. The Balaban J connectivity index is 1.96. The van der Waals surface area contributed by atoms with Gasteiger partial charge in [-0.1, -0.05) is 36.9 Å². The molecule has 1 aliphatic heterocycles. The first-order chi connectivity index (χ1) is 11.2. The average molecular weight is 303 g/mol. The second-order valence-corrected chi connectivity index (χ2v) is 5.58. The third kappa shape index (κ3) is 3.37. The maximum absolute atomic E-state index is 5.60. The topological polar surface area (TPSA) is 12.5 Å². The zero-order valence-corrected chi connectivity index (χ0v) is 13.6. The summed E-state index contributed by atoms with van der Waals surface area (Å²) in [4.78, 5) is 2.12. The summed E-state index contributed by atoms with van der Waals surface area (Å²) in [5.74, 6) is 0.894. The lowest BCUT2D eigenvalue weighted by molar-refractivity contribution is 0.340. The highest BCUT2D eigenvalue weighted by atomic mass is 16.5. The van der Waals surface area contributed by atoms with Gasteiger partial charge in [-0.15, -0.1) is 0 Å². The van der Waals surface area contributed by atoms with E-state index in [-0.39, 0.29) is 0 Å². The van der Waals surface area contributed by atoms with Crippen molar-refractivity contribution >= 4 is 11.3 Å². The molecule has 0 atom stereocenters. The molecular formula is C21H21NO. The molecule has 0 bridgehead atoms. The van der Waals surface area contributed by atoms with Crippen LogP contribution in [0.2, 0.25) is 0 Å². The summed E-state index contributed by atoms with van der Waals surface area (Å²) in [6.07, 6.45) is 6.27. The highest BCUT2D eigenvalue weighted by molar-refractivity contribution is 5.81. The summed E-state index contributed by atoms with van der Waals surface area (Å²) in [7, 11) is 0. The van der Waals surface area contributed by atoms with E-state index in [1.165, 1.54) is 5.56 Å². The molecule has 23 heavy (non-hydrogen) atoms. The van der Waals surface area contributed by atoms with Crippen LogP contribution in [-0.4, -0.2) is 6.61 Å². The van der Waals surface area contributed by atoms with Crippen LogP contribution in [0.5, 0.6) is 5.75 Å². The number of hydrogen-bond acceptors (Lipinski definition) is 2. The van der Waals surface area contributed by atoms with Crippen molar-refractivity contribution in [2.24, 2.45) is 0 Å². The maximum Gasteiger partial charge on any atom is 0.119 e. The zero-order valence-electron chi connectivity index (χ0n) is 13.6. The summed E-state index contributed by atoms with van der Waals surface area (Å²) in [5.41, 5.74) is 5.59. The van der Waals surface area contributed by atoms with Crippen molar-refractivity contribution in [2.75, 3.05) is 11.5 Å². The van der Waals surface area contributed by atoms with E-state index in [1.54, 1.807) is 0 Å². The van der Waals surface area contributed by atoms with Crippen molar-refractivity contribution in [3.63, 3.8) is 0 Å². The van der Waals surface area contributed by atoms with E-state index in [0.29, 0.717) is 6.61 Å². The van der Waals surface area contributed by atoms with Gasteiger partial charge in [0.15, 0.2) is 0 Å². The zero-order chi connectivity index (χ0) is 16.2. The molecule has 0 unspecified atom stereocenters. The first-order valence-corrected chi connectivity index (χ1v) is 7.85. The first kappa shape index (κ1) is 15.2. The van der Waals surface area contributed by atoms with Crippen LogP contribution in [0, 0.1) is 6.92 Å². The molecule has 2 aromatic carbocycles. The van der Waals surface area contributed by atoms with Crippen molar-refractivity contribution in [3.05, 3.63) is 90.3 Å². The maximum atomic E-state index is 5.60. The van der Waals surface area contributed by atoms with E-state index < -0.39 is 0 Å². The Labute approximate surface area is 138 Å². The van der Waals surface area contributed by atoms with E-state index in [1.807, 2.05) is 25.1 Å². The minimum atomic E-state index is 0.671. The predicted molar refractivity (Wildman–Crippen MR) is 97.5 cm³/mol. The molecule has 0 saturated heterocycles. The molecule has 3 rings (SSSR count). The number of nitrogens with zero attached hydrogens (tertiary/aromatic N) is 1. The second-order valence-electron chi connectivity index (χ2n) is 5.58. The molecule has 2 heteroatoms. The molecule has 0 aromatic heterocycles. The number of benzene rings is 2. The lowest BCUT2D eigenvalue weighted by Gasteiger charge is -2.26. The van der Waals surface area contributed by atoms with Gasteiger partial charge in [-0.2, -0.15) is 0 Å². The van der Waals surface area contributed by atoms with Gasteiger partial charge in [0.05, 0.1) is 6.61 Å². The third-order valence-electron chi connectivity index (χ3n) is 3.79. The van der Waals surface area contributed by atoms with Crippen LogP contribution >= 0.6 is 0 Å². The standard InChI is InChI=1S/C21H21NO/c1-4-23-21-10-6-8-18(14-21)19-12-11-17(3)22(15-19)20-9-5-7-16(2)13-20/h5-15H,3-4H2,1-2H3. The van der Waals surface area contributed by atoms with Gasteiger partial charge in [0, 0.05) is 17.6 Å². The molecule has 0 fully saturated rings. The lowest BCUT2D eigenvalue weighted by atomic mass is 10.0. The number of allylic oxidation sites excluding steroid dienone is 3. The van der Waals surface area contributed by atoms with Crippen molar-refractivity contribution in [2.45, 2.75) is 13.8 Å². The molecular weight excluding hydrogens is 282 g/mol. The molecule has 116 valence electrons. The summed E-state index contributed by atoms with van der Waals surface area (Å²) < 4.78 is 5.60. The number of anilines is 1. The number of aryl methyl sites for hydroxylation is 1. The van der Waals surface area contributed by atoms with Crippen LogP contribution in [0.15, 0.2) is 79.2 Å². The van der Waals surface area contributed by atoms with E-state index >= 15 is 0 Å². The lowest BCUT2D eigenvalue weighted by Crippen LogP contribution is -2.16. The predicted octanol–water partition coefficient (Wildman–Crippen LogP) is 5.32. The van der Waals surface area contributed by atoms with E-state index in [9.17, 15) is 0 Å². The van der Waals surface area contributed by atoms with Gasteiger partial charge >= 0.3 is 0 Å². The Morgan fingerprint density at radius 3 is 2.65 bits per heavy atom. The van der Waals surface area contributed by atoms with Gasteiger partial charge in [0.25, 0.3) is 0 Å². The minimum Gasteiger partial charge on any atom is -0.494 e. The van der Waals surface area contributed by atoms with Crippen LogP contribution in [0.25, 0.3) is 5.57 Å². The summed E-state index contributed by atoms with van der Waals surface area (Å²) in [5, 5.41) is 0. The molecule has 0 N–H and O–H groups in total.